The fourth-order valence-electron chi connectivity index (χ4n) is 2.15. The van der Waals surface area contributed by atoms with E-state index in [0.29, 0.717) is 6.54 Å². The molecule has 0 saturated heterocycles. The lowest BCUT2D eigenvalue weighted by Gasteiger charge is -2.27. The average Bonchev–Trinajstić information content (AvgIpc) is 2.87. The number of aromatic nitrogens is 4. The van der Waals surface area contributed by atoms with Crippen LogP contribution < -0.4 is 10.6 Å². The number of hydrogen-bond acceptors (Lipinski definition) is 5. The van der Waals surface area contributed by atoms with E-state index in [9.17, 15) is 0 Å². The van der Waals surface area contributed by atoms with Crippen LogP contribution in [0.3, 0.4) is 0 Å². The zero-order valence-corrected chi connectivity index (χ0v) is 10.2. The standard InChI is InChI=1S/C12H16N6/c13-2-1-10-7-15-12(16-8-10)18-6-5-17-4-3-14-11(17)9-18/h3-4,7-8H,1-2,5-6,9,13H2. The second kappa shape index (κ2) is 4.73. The summed E-state index contributed by atoms with van der Waals surface area (Å²) < 4.78 is 2.17. The summed E-state index contributed by atoms with van der Waals surface area (Å²) in [4.78, 5) is 15.3. The summed E-state index contributed by atoms with van der Waals surface area (Å²) >= 11 is 0. The molecule has 3 heterocycles. The SMILES string of the molecule is NCCc1cnc(N2CCn3ccnc3C2)nc1. The minimum Gasteiger partial charge on any atom is -0.332 e. The molecule has 0 radical (unpaired) electrons. The number of nitrogens with two attached hydrogens (primary N) is 1. The average molecular weight is 244 g/mol. The monoisotopic (exact) mass is 244 g/mol. The Morgan fingerprint density at radius 1 is 1.17 bits per heavy atom. The highest BCUT2D eigenvalue weighted by Gasteiger charge is 2.18. The molecule has 0 aliphatic carbocycles. The molecule has 2 aromatic rings. The molecule has 1 aliphatic rings. The van der Waals surface area contributed by atoms with Crippen LogP contribution in [0.4, 0.5) is 5.95 Å². The molecule has 1 aliphatic heterocycles. The molecular formula is C12H16N6. The van der Waals surface area contributed by atoms with Crippen LogP contribution in [0, 0.1) is 0 Å². The lowest BCUT2D eigenvalue weighted by Crippen LogP contribution is -2.34. The summed E-state index contributed by atoms with van der Waals surface area (Å²) in [5.74, 6) is 1.83. The van der Waals surface area contributed by atoms with E-state index >= 15 is 0 Å². The third kappa shape index (κ3) is 2.06. The second-order valence-electron chi connectivity index (χ2n) is 4.39. The Morgan fingerprint density at radius 2 is 2.00 bits per heavy atom. The molecule has 0 unspecified atom stereocenters. The van der Waals surface area contributed by atoms with Gasteiger partial charge in [0, 0.05) is 37.9 Å². The first-order valence-electron chi connectivity index (χ1n) is 6.13. The molecule has 0 spiro atoms. The molecule has 6 heteroatoms. The number of nitrogens with zero attached hydrogens (tertiary/aromatic N) is 5. The Morgan fingerprint density at radius 3 is 2.78 bits per heavy atom. The lowest BCUT2D eigenvalue weighted by molar-refractivity contribution is 0.551. The van der Waals surface area contributed by atoms with Crippen molar-refractivity contribution in [1.82, 2.24) is 19.5 Å². The van der Waals surface area contributed by atoms with Crippen LogP contribution in [-0.4, -0.2) is 32.6 Å². The van der Waals surface area contributed by atoms with Crippen molar-refractivity contribution in [3.8, 4) is 0 Å². The number of imidazole rings is 1. The highest BCUT2D eigenvalue weighted by atomic mass is 15.3. The third-order valence-electron chi connectivity index (χ3n) is 3.15. The van der Waals surface area contributed by atoms with Crippen molar-refractivity contribution in [3.63, 3.8) is 0 Å². The number of fused-ring (bicyclic) bond motifs is 1. The molecule has 0 saturated carbocycles. The van der Waals surface area contributed by atoms with E-state index in [1.54, 1.807) is 0 Å². The maximum atomic E-state index is 5.51. The fraction of sp³-hybridized carbons (Fsp3) is 0.417. The molecule has 6 nitrogen and oxygen atoms in total. The smallest absolute Gasteiger partial charge is 0.225 e. The Hall–Kier alpha value is -1.95. The van der Waals surface area contributed by atoms with E-state index in [1.807, 2.05) is 24.8 Å². The summed E-state index contributed by atoms with van der Waals surface area (Å²) in [7, 11) is 0. The van der Waals surface area contributed by atoms with Gasteiger partial charge in [-0.05, 0) is 18.5 Å². The van der Waals surface area contributed by atoms with Crippen molar-refractivity contribution in [2.24, 2.45) is 5.73 Å². The first-order chi connectivity index (χ1) is 8.86. The first-order valence-corrected chi connectivity index (χ1v) is 6.13. The van der Waals surface area contributed by atoms with Crippen LogP contribution in [0.15, 0.2) is 24.8 Å². The molecule has 0 atom stereocenters. The van der Waals surface area contributed by atoms with Gasteiger partial charge in [0.05, 0.1) is 6.54 Å². The second-order valence-corrected chi connectivity index (χ2v) is 4.39. The summed E-state index contributed by atoms with van der Waals surface area (Å²) in [6, 6.07) is 0. The van der Waals surface area contributed by atoms with Crippen molar-refractivity contribution in [2.75, 3.05) is 18.0 Å². The first kappa shape index (κ1) is 11.2. The minimum atomic E-state index is 0.629. The summed E-state index contributed by atoms with van der Waals surface area (Å²) in [6.07, 6.45) is 8.39. The molecule has 2 N–H and O–H groups in total. The van der Waals surface area contributed by atoms with Crippen LogP contribution in [0.1, 0.15) is 11.4 Å². The van der Waals surface area contributed by atoms with Gasteiger partial charge in [0.15, 0.2) is 0 Å². The zero-order chi connectivity index (χ0) is 12.4. The van der Waals surface area contributed by atoms with Gasteiger partial charge in [-0.3, -0.25) is 0 Å². The van der Waals surface area contributed by atoms with Gasteiger partial charge in [-0.15, -0.1) is 0 Å². The Balaban J connectivity index is 1.76. The topological polar surface area (TPSA) is 72.9 Å². The van der Waals surface area contributed by atoms with Crippen LogP contribution in [0.2, 0.25) is 0 Å². The van der Waals surface area contributed by atoms with Crippen molar-refractivity contribution in [2.45, 2.75) is 19.5 Å². The van der Waals surface area contributed by atoms with Crippen LogP contribution in [-0.2, 0) is 19.5 Å². The number of rotatable bonds is 3. The summed E-state index contributed by atoms with van der Waals surface area (Å²) in [5, 5.41) is 0. The molecular weight excluding hydrogens is 228 g/mol. The Labute approximate surface area is 105 Å². The van der Waals surface area contributed by atoms with Crippen molar-refractivity contribution >= 4 is 5.95 Å². The van der Waals surface area contributed by atoms with Crippen LogP contribution in [0.5, 0.6) is 0 Å². The quantitative estimate of drug-likeness (QED) is 0.834. The maximum absolute atomic E-state index is 5.51. The van der Waals surface area contributed by atoms with E-state index in [-0.39, 0.29) is 0 Å². The molecule has 0 bridgehead atoms. The van der Waals surface area contributed by atoms with Crippen LogP contribution >= 0.6 is 0 Å². The predicted molar refractivity (Wildman–Crippen MR) is 68.1 cm³/mol. The molecule has 2 aromatic heterocycles. The fourth-order valence-corrected chi connectivity index (χ4v) is 2.15. The van der Waals surface area contributed by atoms with Gasteiger partial charge < -0.3 is 15.2 Å². The molecule has 3 rings (SSSR count). The predicted octanol–water partition coefficient (Wildman–Crippen LogP) is 0.194. The van der Waals surface area contributed by atoms with Gasteiger partial charge in [0.2, 0.25) is 5.95 Å². The normalized spacial score (nSPS) is 14.6. The highest BCUT2D eigenvalue weighted by Crippen LogP contribution is 2.15. The van der Waals surface area contributed by atoms with Crippen molar-refractivity contribution in [1.29, 1.82) is 0 Å². The lowest BCUT2D eigenvalue weighted by atomic mass is 10.2. The van der Waals surface area contributed by atoms with Gasteiger partial charge in [-0.2, -0.15) is 0 Å². The van der Waals surface area contributed by atoms with Gasteiger partial charge in [0.1, 0.15) is 5.82 Å². The van der Waals surface area contributed by atoms with Gasteiger partial charge in [-0.25, -0.2) is 15.0 Å². The molecule has 0 amide bonds. The third-order valence-corrected chi connectivity index (χ3v) is 3.15. The molecule has 94 valence electrons. The van der Waals surface area contributed by atoms with Gasteiger partial charge in [0.25, 0.3) is 0 Å². The molecule has 0 fully saturated rings. The number of anilines is 1. The Kier molecular flexibility index (Phi) is 2.93. The molecule has 0 aromatic carbocycles. The summed E-state index contributed by atoms with van der Waals surface area (Å²) in [6.45, 7) is 3.25. The number of hydrogen-bond donors (Lipinski definition) is 1. The van der Waals surface area contributed by atoms with E-state index in [2.05, 4.69) is 24.4 Å². The van der Waals surface area contributed by atoms with E-state index in [4.69, 9.17) is 5.73 Å². The van der Waals surface area contributed by atoms with Gasteiger partial charge >= 0.3 is 0 Å². The largest absolute Gasteiger partial charge is 0.332 e. The van der Waals surface area contributed by atoms with Gasteiger partial charge in [-0.1, -0.05) is 0 Å². The summed E-state index contributed by atoms with van der Waals surface area (Å²) in [5.41, 5.74) is 6.59. The maximum Gasteiger partial charge on any atom is 0.225 e. The van der Waals surface area contributed by atoms with E-state index in [1.165, 1.54) is 0 Å². The van der Waals surface area contributed by atoms with Crippen molar-refractivity contribution in [3.05, 3.63) is 36.2 Å². The molecule has 18 heavy (non-hydrogen) atoms. The van der Waals surface area contributed by atoms with E-state index in [0.717, 1.165) is 43.4 Å². The van der Waals surface area contributed by atoms with E-state index < -0.39 is 0 Å². The Bertz CT molecular complexity index is 518. The van der Waals surface area contributed by atoms with Crippen molar-refractivity contribution < 1.29 is 0 Å². The highest BCUT2D eigenvalue weighted by molar-refractivity contribution is 5.31. The minimum absolute atomic E-state index is 0.629. The van der Waals surface area contributed by atoms with Crippen LogP contribution in [0.25, 0.3) is 0 Å². The zero-order valence-electron chi connectivity index (χ0n) is 10.2.